The van der Waals surface area contributed by atoms with Crippen molar-refractivity contribution in [3.8, 4) is 0 Å². The molecule has 132 heavy (non-hydrogen) atoms. The van der Waals surface area contributed by atoms with Crippen molar-refractivity contribution < 1.29 is 238 Å². The van der Waals surface area contributed by atoms with Gasteiger partial charge in [-0.25, -0.2) is 47.9 Å². The summed E-state index contributed by atoms with van der Waals surface area (Å²) in [4.78, 5) is 281. The van der Waals surface area contributed by atoms with Crippen LogP contribution in [0.1, 0.15) is 147 Å². The molecule has 10 aliphatic heterocycles. The molecule has 10 fully saturated rings. The topological polar surface area (TPSA) is 618 Å². The van der Waals surface area contributed by atoms with E-state index < -0.39 is 413 Å². The van der Waals surface area contributed by atoms with Gasteiger partial charge in [0.2, 0.25) is 0 Å². The molecule has 19 atom stereocenters. The summed E-state index contributed by atoms with van der Waals surface area (Å²) >= 11 is 0. The van der Waals surface area contributed by atoms with Gasteiger partial charge in [0.15, 0.2) is 61.0 Å². The average Bonchev–Trinajstić information content (AvgIpc) is 0.753. The van der Waals surface area contributed by atoms with Crippen LogP contribution >= 0.6 is 0 Å². The van der Waals surface area contributed by atoms with Gasteiger partial charge in [-0.05, 0) is 140 Å². The first kappa shape index (κ1) is 102. The molecule has 10 rings (SSSR count). The van der Waals surface area contributed by atoms with Gasteiger partial charge >= 0.3 is 121 Å². The van der Waals surface area contributed by atoms with E-state index in [4.69, 9.17) is 142 Å². The lowest BCUT2D eigenvalue weighted by atomic mass is 9.56. The molecule has 19 unspecified atom stereocenters. The molecule has 0 aromatic heterocycles. The first-order chi connectivity index (χ1) is 61.9. The van der Waals surface area contributed by atoms with Crippen molar-refractivity contribution in [3.05, 3.63) is 0 Å². The maximum atomic E-state index is 16.4. The predicted molar refractivity (Wildman–Crippen MR) is 410 cm³/mol. The van der Waals surface area contributed by atoms with E-state index in [1.807, 2.05) is 0 Å². The lowest BCUT2D eigenvalue weighted by Crippen LogP contribution is -2.52. The summed E-state index contributed by atoms with van der Waals surface area (Å²) in [7, 11) is 0. The lowest BCUT2D eigenvalue weighted by molar-refractivity contribution is -0.180. The number of carbonyl (C=O) groups excluding carboxylic acids is 20. The van der Waals surface area contributed by atoms with Gasteiger partial charge in [0.1, 0.15) is 132 Å². The zero-order valence-electron chi connectivity index (χ0n) is 74.4. The van der Waals surface area contributed by atoms with Crippen LogP contribution in [0.2, 0.25) is 0 Å². The minimum Gasteiger partial charge on any atom is -0.461 e. The summed E-state index contributed by atoms with van der Waals surface area (Å²) < 4.78 is 161. The van der Waals surface area contributed by atoms with Crippen molar-refractivity contribution in [2.24, 2.45) is 54.1 Å². The fourth-order valence-corrected chi connectivity index (χ4v) is 17.9. The van der Waals surface area contributed by atoms with Gasteiger partial charge < -0.3 is 142 Å². The van der Waals surface area contributed by atoms with Gasteiger partial charge in [-0.2, -0.15) is 0 Å². The smallest absolute Gasteiger partial charge is 0.461 e. The van der Waals surface area contributed by atoms with E-state index in [1.165, 1.54) is 48.5 Å². The first-order valence-corrected chi connectivity index (χ1v) is 41.9. The minimum atomic E-state index is -2.71. The van der Waals surface area contributed by atoms with Crippen LogP contribution < -0.4 is 0 Å². The molecule has 10 saturated heterocycles. The van der Waals surface area contributed by atoms with Crippen molar-refractivity contribution in [2.45, 2.75) is 208 Å². The monoisotopic (exact) mass is 1890 g/mol. The Hall–Kier alpha value is -12.6. The normalized spacial score (nSPS) is 26.4. The Bertz CT molecular complexity index is 4400. The Morgan fingerprint density at radius 3 is 0.432 bits per heavy atom. The Labute approximate surface area is 751 Å². The molecule has 50 heteroatoms. The SMILES string of the molecule is CCC(C)(CC(C)(CC(C)(CC(C)(CC(C)(CC(C)(CC(C)(CC(C)(CC(C)(CC(C)(C)C(=O)OCC1COC(=O)O1)C(=O)OCC1COC(=O)O1)C(=O)OCC1COC(=O)O1)C(=O)OCC1COC(=O)O1)C(=O)OCC1COC(=O)O1)C(=O)OCC1COC(=O)O1)C(=O)OCC1COC(=O)O1)C(=O)OCC1COC(=O)O1)C(=O)OCC1COC(=O)O1)C(=O)OCC1COC(=O)O1. The molecule has 0 aromatic carbocycles. The third-order valence-corrected chi connectivity index (χ3v) is 23.3. The zero-order chi connectivity index (χ0) is 96.7. The number of carbonyl (C=O) groups is 20. The minimum absolute atomic E-state index is 0.187. The Morgan fingerprint density at radius 1 is 0.197 bits per heavy atom. The molecule has 734 valence electrons. The van der Waals surface area contributed by atoms with Crippen LogP contribution in [0.25, 0.3) is 0 Å². The van der Waals surface area contributed by atoms with E-state index in [2.05, 4.69) is 0 Å². The molecule has 0 radical (unpaired) electrons. The number of ether oxygens (including phenoxy) is 30. The fraction of sp³-hybridized carbons (Fsp3) is 0.756. The highest BCUT2D eigenvalue weighted by Gasteiger charge is 2.63. The summed E-state index contributed by atoms with van der Waals surface area (Å²) in [6.45, 7) is 2.20. The second-order valence-corrected chi connectivity index (χ2v) is 36.9. The van der Waals surface area contributed by atoms with Crippen LogP contribution in [0.4, 0.5) is 47.9 Å². The van der Waals surface area contributed by atoms with Crippen LogP contribution in [-0.2, 0) is 190 Å². The van der Waals surface area contributed by atoms with E-state index in [9.17, 15) is 57.5 Å². The largest absolute Gasteiger partial charge is 0.508 e. The molecule has 0 N–H and O–H groups in total. The van der Waals surface area contributed by atoms with Crippen LogP contribution in [-0.4, -0.2) is 314 Å². The molecule has 10 heterocycles. The average molecular weight is 1890 g/mol. The van der Waals surface area contributed by atoms with E-state index >= 15 is 38.4 Å². The molecular formula is C82H106O50. The van der Waals surface area contributed by atoms with Gasteiger partial charge in [-0.15, -0.1) is 0 Å². The maximum absolute atomic E-state index is 16.4. The molecule has 0 spiro atoms. The Morgan fingerprint density at radius 2 is 0.311 bits per heavy atom. The molecule has 0 bridgehead atoms. The van der Waals surface area contributed by atoms with Crippen LogP contribution in [0.5, 0.6) is 0 Å². The Balaban J connectivity index is 1.15. The number of hydrogen-bond acceptors (Lipinski definition) is 50. The van der Waals surface area contributed by atoms with E-state index in [0.717, 1.165) is 34.6 Å². The van der Waals surface area contributed by atoms with Crippen LogP contribution in [0.15, 0.2) is 0 Å². The van der Waals surface area contributed by atoms with E-state index in [0.29, 0.717) is 0 Å². The lowest BCUT2D eigenvalue weighted by Gasteiger charge is -2.47. The van der Waals surface area contributed by atoms with Gasteiger partial charge in [0, 0.05) is 0 Å². The van der Waals surface area contributed by atoms with Crippen molar-refractivity contribution in [1.82, 2.24) is 0 Å². The van der Waals surface area contributed by atoms with Gasteiger partial charge in [0.25, 0.3) is 0 Å². The standard InChI is InChI=1S/C82H106O50/c1-13-74(4,54(84)104-15-44-25-114-64(94)124-44)35-76(6,56(86)106-17-46-27-116-66(96)126-46)37-78(8,58(88)108-19-48-29-118-68(98)128-48)39-80(10,60(90)110-21-50-31-120-70(100)130-50)41-82(12,62(92)112-23-52-33-122-72(102)132-52)42-81(11,61(91)111-22-51-32-121-71(101)131-51)40-79(9,59(89)109-20-49-30-119-69(99)129-49)38-77(7,57(87)107-18-47-28-117-67(97)127-47)36-75(5,55(85)105-16-45-26-115-65(95)125-45)34-73(2,3)53(83)103-14-43-24-113-63(93)123-43/h43-52H,13-42H2,1-12H3. The number of rotatable bonds is 49. The quantitative estimate of drug-likeness (QED) is 0.0514. The molecule has 0 aliphatic carbocycles. The van der Waals surface area contributed by atoms with Crippen LogP contribution in [0.3, 0.4) is 0 Å². The third-order valence-electron chi connectivity index (χ3n) is 23.3. The second kappa shape index (κ2) is 41.9. The highest BCUT2D eigenvalue weighted by molar-refractivity contribution is 5.88. The summed E-state index contributed by atoms with van der Waals surface area (Å²) in [5, 5.41) is 0. The van der Waals surface area contributed by atoms with Crippen molar-refractivity contribution in [2.75, 3.05) is 132 Å². The van der Waals surface area contributed by atoms with Crippen LogP contribution in [0, 0.1) is 54.1 Å². The number of hydrogen-bond donors (Lipinski definition) is 0. The summed E-state index contributed by atoms with van der Waals surface area (Å²) in [5.41, 5.74) is -24.1. The third kappa shape index (κ3) is 26.6. The molecule has 10 aliphatic rings. The highest BCUT2D eigenvalue weighted by atomic mass is 16.8. The maximum Gasteiger partial charge on any atom is 0.508 e. The van der Waals surface area contributed by atoms with Gasteiger partial charge in [-0.3, -0.25) is 47.9 Å². The zero-order valence-corrected chi connectivity index (χ0v) is 74.4. The highest BCUT2D eigenvalue weighted by Crippen LogP contribution is 2.58. The molecular weight excluding hydrogens is 1780 g/mol. The van der Waals surface area contributed by atoms with E-state index in [-0.39, 0.29) is 19.6 Å². The predicted octanol–water partition coefficient (Wildman–Crippen LogP) is 5.78. The van der Waals surface area contributed by atoms with Gasteiger partial charge in [-0.1, -0.05) is 6.92 Å². The summed E-state index contributed by atoms with van der Waals surface area (Å²) in [6.07, 6.45) is -33.7. The number of cyclic esters (lactones) is 20. The number of esters is 10. The van der Waals surface area contributed by atoms with E-state index in [1.54, 1.807) is 0 Å². The van der Waals surface area contributed by atoms with Crippen molar-refractivity contribution in [1.29, 1.82) is 0 Å². The Kier molecular flexibility index (Phi) is 32.2. The molecule has 0 amide bonds. The molecule has 0 aromatic rings. The van der Waals surface area contributed by atoms with Crippen molar-refractivity contribution in [3.63, 3.8) is 0 Å². The van der Waals surface area contributed by atoms with Gasteiger partial charge in [0.05, 0.1) is 54.1 Å². The first-order valence-electron chi connectivity index (χ1n) is 41.9. The molecule has 0 saturated carbocycles. The fourth-order valence-electron chi connectivity index (χ4n) is 17.9. The summed E-state index contributed by atoms with van der Waals surface area (Å²) in [5.74, 6) is -13.1. The second-order valence-electron chi connectivity index (χ2n) is 36.9. The van der Waals surface area contributed by atoms with Crippen molar-refractivity contribution >= 4 is 121 Å². The summed E-state index contributed by atoms with van der Waals surface area (Å²) in [6, 6.07) is 0. The molecule has 50 nitrogen and oxygen atoms in total.